The molecule has 0 spiro atoms. The van der Waals surface area contributed by atoms with Crippen LogP contribution in [0.5, 0.6) is 5.75 Å². The summed E-state index contributed by atoms with van der Waals surface area (Å²) in [5.41, 5.74) is 1.88. The van der Waals surface area contributed by atoms with Gasteiger partial charge < -0.3 is 4.74 Å². The quantitative estimate of drug-likeness (QED) is 0.199. The van der Waals surface area contributed by atoms with Crippen LogP contribution < -0.4 is 10.3 Å². The molecule has 4 rings (SSSR count). The molecule has 0 bridgehead atoms. The van der Waals surface area contributed by atoms with E-state index >= 15 is 0 Å². The van der Waals surface area contributed by atoms with E-state index in [2.05, 4.69) is 37.0 Å². The second kappa shape index (κ2) is 11.0. The highest BCUT2D eigenvalue weighted by Crippen LogP contribution is 2.35. The van der Waals surface area contributed by atoms with E-state index in [4.69, 9.17) is 21.3 Å². The fourth-order valence-electron chi connectivity index (χ4n) is 3.43. The van der Waals surface area contributed by atoms with Gasteiger partial charge in [0.25, 0.3) is 5.56 Å². The van der Waals surface area contributed by atoms with Crippen molar-refractivity contribution in [3.63, 3.8) is 0 Å². The van der Waals surface area contributed by atoms with Gasteiger partial charge >= 0.3 is 0 Å². The lowest BCUT2D eigenvalue weighted by molar-refractivity contribution is 0.304. The first kappa shape index (κ1) is 25.5. The number of nitrogens with zero attached hydrogens (tertiary/aromatic N) is 3. The van der Waals surface area contributed by atoms with Crippen LogP contribution in [0.3, 0.4) is 0 Å². The lowest BCUT2D eigenvalue weighted by atomic mass is 10.1. The predicted molar refractivity (Wildman–Crippen MR) is 145 cm³/mol. The zero-order valence-corrected chi connectivity index (χ0v) is 22.9. The molecule has 0 unspecified atom stereocenters. The number of halogens is 4. The molecule has 0 fully saturated rings. The van der Waals surface area contributed by atoms with Crippen molar-refractivity contribution in [2.45, 2.75) is 32.8 Å². The van der Waals surface area contributed by atoms with Gasteiger partial charge in [0.15, 0.2) is 5.75 Å². The van der Waals surface area contributed by atoms with E-state index in [0.29, 0.717) is 37.5 Å². The van der Waals surface area contributed by atoms with E-state index in [1.54, 1.807) is 36.5 Å². The minimum Gasteiger partial charge on any atom is -0.486 e. The van der Waals surface area contributed by atoms with E-state index in [0.717, 1.165) is 16.5 Å². The van der Waals surface area contributed by atoms with E-state index < -0.39 is 0 Å². The Morgan fingerprint density at radius 3 is 2.60 bits per heavy atom. The number of benzene rings is 3. The highest BCUT2D eigenvalue weighted by molar-refractivity contribution is 9.10. The summed E-state index contributed by atoms with van der Waals surface area (Å²) in [6.45, 7) is 4.29. The van der Waals surface area contributed by atoms with Crippen molar-refractivity contribution in [3.05, 3.63) is 102 Å². The average Bonchev–Trinajstić information content (AvgIpc) is 2.83. The zero-order chi connectivity index (χ0) is 25.1. The first-order chi connectivity index (χ1) is 16.8. The maximum Gasteiger partial charge on any atom is 0.282 e. The molecular weight excluding hydrogens is 601 g/mol. The Labute approximate surface area is 223 Å². The number of rotatable bonds is 7. The molecule has 0 amide bonds. The summed E-state index contributed by atoms with van der Waals surface area (Å²) in [5, 5.41) is 5.34. The van der Waals surface area contributed by atoms with Crippen LogP contribution in [0.4, 0.5) is 4.39 Å². The molecule has 9 heteroatoms. The molecule has 0 aliphatic carbocycles. The molecule has 0 saturated heterocycles. The van der Waals surface area contributed by atoms with Crippen molar-refractivity contribution in [2.75, 3.05) is 0 Å². The maximum absolute atomic E-state index is 13.3. The summed E-state index contributed by atoms with van der Waals surface area (Å²) in [7, 11) is 0. The molecule has 0 aliphatic rings. The van der Waals surface area contributed by atoms with Crippen molar-refractivity contribution in [2.24, 2.45) is 5.10 Å². The second-order valence-electron chi connectivity index (χ2n) is 8.03. The monoisotopic (exact) mass is 619 g/mol. The van der Waals surface area contributed by atoms with Gasteiger partial charge in [-0.1, -0.05) is 53.5 Å². The topological polar surface area (TPSA) is 56.5 Å². The summed E-state index contributed by atoms with van der Waals surface area (Å²) < 4.78 is 21.7. The molecule has 0 N–H and O–H groups in total. The molecule has 1 aromatic heterocycles. The van der Waals surface area contributed by atoms with Crippen molar-refractivity contribution in [1.29, 1.82) is 0 Å². The fourth-order valence-corrected chi connectivity index (χ4v) is 4.78. The Morgan fingerprint density at radius 2 is 1.91 bits per heavy atom. The Balaban J connectivity index is 1.66. The smallest absolute Gasteiger partial charge is 0.282 e. The van der Waals surface area contributed by atoms with Gasteiger partial charge in [-0.15, -0.1) is 0 Å². The van der Waals surface area contributed by atoms with Crippen LogP contribution in [0, 0.1) is 5.82 Å². The number of fused-ring (bicyclic) bond motifs is 1. The SMILES string of the molecule is CC[C@H](C)c1nc2ccc(Br)cc2c(=O)n1N=Cc1cc(Cl)c(OCc2ccc(F)cc2)c(Br)c1. The molecule has 0 aliphatic heterocycles. The number of hydrogen-bond acceptors (Lipinski definition) is 4. The summed E-state index contributed by atoms with van der Waals surface area (Å²) in [5.74, 6) is 0.780. The minimum atomic E-state index is -0.304. The third-order valence-electron chi connectivity index (χ3n) is 5.53. The maximum atomic E-state index is 13.3. The first-order valence-electron chi connectivity index (χ1n) is 10.9. The summed E-state index contributed by atoms with van der Waals surface area (Å²) in [6, 6.07) is 15.0. The normalized spacial score (nSPS) is 12.4. The summed E-state index contributed by atoms with van der Waals surface area (Å²) >= 11 is 13.4. The van der Waals surface area contributed by atoms with Crippen LogP contribution in [-0.2, 0) is 6.61 Å². The lowest BCUT2D eigenvalue weighted by Gasteiger charge is -2.14. The molecule has 0 radical (unpaired) electrons. The summed E-state index contributed by atoms with van der Waals surface area (Å²) in [6.07, 6.45) is 2.38. The van der Waals surface area contributed by atoms with Crippen LogP contribution in [0.25, 0.3) is 10.9 Å². The number of hydrogen-bond donors (Lipinski definition) is 0. The molecule has 180 valence electrons. The van der Waals surface area contributed by atoms with Gasteiger partial charge in [-0.3, -0.25) is 4.79 Å². The number of aromatic nitrogens is 2. The van der Waals surface area contributed by atoms with Crippen LogP contribution in [0.1, 0.15) is 43.1 Å². The Hall–Kier alpha value is -2.55. The van der Waals surface area contributed by atoms with Gasteiger partial charge in [0.2, 0.25) is 0 Å². The van der Waals surface area contributed by atoms with Gasteiger partial charge in [-0.05, 0) is 75.9 Å². The first-order valence-corrected chi connectivity index (χ1v) is 12.9. The molecule has 5 nitrogen and oxygen atoms in total. The van der Waals surface area contributed by atoms with Gasteiger partial charge in [0.05, 0.1) is 26.6 Å². The van der Waals surface area contributed by atoms with Crippen LogP contribution in [0.2, 0.25) is 5.02 Å². The van der Waals surface area contributed by atoms with Crippen molar-refractivity contribution < 1.29 is 9.13 Å². The molecule has 3 aromatic carbocycles. The standard InChI is InChI=1S/C26H21Br2ClFN3O2/c1-3-15(2)25-32-23-9-6-18(27)12-20(23)26(34)33(25)31-13-17-10-21(28)24(22(29)11-17)35-14-16-4-7-19(30)8-5-16/h4-13,15H,3,14H2,1-2H3/t15-/m0/s1. The number of ether oxygens (including phenoxy) is 1. The average molecular weight is 622 g/mol. The highest BCUT2D eigenvalue weighted by atomic mass is 79.9. The molecule has 1 heterocycles. The van der Waals surface area contributed by atoms with E-state index in [-0.39, 0.29) is 23.9 Å². The van der Waals surface area contributed by atoms with Gasteiger partial charge in [-0.2, -0.15) is 9.78 Å². The Bertz CT molecular complexity index is 1450. The minimum absolute atomic E-state index is 0.0328. The predicted octanol–water partition coefficient (Wildman–Crippen LogP) is 7.69. The Morgan fingerprint density at radius 1 is 1.17 bits per heavy atom. The van der Waals surface area contributed by atoms with Gasteiger partial charge in [-0.25, -0.2) is 9.37 Å². The van der Waals surface area contributed by atoms with Crippen LogP contribution in [0.15, 0.2) is 73.4 Å². The second-order valence-corrected chi connectivity index (χ2v) is 10.2. The van der Waals surface area contributed by atoms with Crippen LogP contribution in [-0.4, -0.2) is 15.9 Å². The molecule has 1 atom stereocenters. The van der Waals surface area contributed by atoms with Crippen molar-refractivity contribution in [3.8, 4) is 5.75 Å². The largest absolute Gasteiger partial charge is 0.486 e. The van der Waals surface area contributed by atoms with E-state index in [1.165, 1.54) is 16.8 Å². The van der Waals surface area contributed by atoms with Crippen molar-refractivity contribution in [1.82, 2.24) is 9.66 Å². The molecule has 4 aromatic rings. The third-order valence-corrected chi connectivity index (χ3v) is 6.89. The fraction of sp³-hybridized carbons (Fsp3) is 0.192. The van der Waals surface area contributed by atoms with Gasteiger partial charge in [0.1, 0.15) is 18.2 Å². The Kier molecular flexibility index (Phi) is 8.04. The van der Waals surface area contributed by atoms with E-state index in [1.807, 2.05) is 26.0 Å². The van der Waals surface area contributed by atoms with E-state index in [9.17, 15) is 9.18 Å². The van der Waals surface area contributed by atoms with Gasteiger partial charge in [0, 0.05) is 10.4 Å². The molecular formula is C26H21Br2ClFN3O2. The zero-order valence-electron chi connectivity index (χ0n) is 18.9. The molecule has 35 heavy (non-hydrogen) atoms. The lowest BCUT2D eigenvalue weighted by Crippen LogP contribution is -2.23. The summed E-state index contributed by atoms with van der Waals surface area (Å²) in [4.78, 5) is 18.0. The van der Waals surface area contributed by atoms with Crippen LogP contribution >= 0.6 is 43.5 Å². The highest BCUT2D eigenvalue weighted by Gasteiger charge is 2.16. The third kappa shape index (κ3) is 5.82. The van der Waals surface area contributed by atoms with Crippen molar-refractivity contribution >= 4 is 60.6 Å². The molecule has 0 saturated carbocycles.